The van der Waals surface area contributed by atoms with Crippen LogP contribution in [0.25, 0.3) is 10.2 Å². The molecule has 0 saturated carbocycles. The van der Waals surface area contributed by atoms with Crippen LogP contribution >= 0.6 is 11.3 Å². The third kappa shape index (κ3) is 5.79. The molecule has 178 valence electrons. The molecule has 1 atom stereocenters. The van der Waals surface area contributed by atoms with Gasteiger partial charge in [-0.1, -0.05) is 24.3 Å². The highest BCUT2D eigenvalue weighted by atomic mass is 32.2. The first-order valence-corrected chi connectivity index (χ1v) is 12.6. The Kier molecular flexibility index (Phi) is 6.97. The number of ether oxygens (including phenoxy) is 1. The highest BCUT2D eigenvalue weighted by molar-refractivity contribution is 7.91. The molecule has 3 aromatic rings. The normalized spacial score (nSPS) is 13.6. The van der Waals surface area contributed by atoms with Gasteiger partial charge in [-0.05, 0) is 36.2 Å². The predicted molar refractivity (Wildman–Crippen MR) is 111 cm³/mol. The van der Waals surface area contributed by atoms with Crippen molar-refractivity contribution in [3.05, 3.63) is 54.1 Å². The number of aromatic nitrogens is 1. The number of thiazole rings is 1. The van der Waals surface area contributed by atoms with Crippen molar-refractivity contribution < 1.29 is 43.7 Å². The number of halogens is 3. The topological polar surface area (TPSA) is 129 Å². The zero-order valence-electron chi connectivity index (χ0n) is 16.6. The van der Waals surface area contributed by atoms with Crippen molar-refractivity contribution in [1.82, 2.24) is 9.71 Å². The van der Waals surface area contributed by atoms with Gasteiger partial charge in [0, 0.05) is 0 Å². The number of para-hydroxylation sites is 1. The van der Waals surface area contributed by atoms with Crippen LogP contribution in [0.5, 0.6) is 5.75 Å². The number of benzene rings is 2. The quantitative estimate of drug-likeness (QED) is 0.271. The summed E-state index contributed by atoms with van der Waals surface area (Å²) in [5.74, 6) is -1.53. The molecular formula is C18H15F3N2O7S3. The molecule has 3 rings (SSSR count). The molecule has 2 aromatic carbocycles. The Labute approximate surface area is 190 Å². The fourth-order valence-electron chi connectivity index (χ4n) is 2.61. The van der Waals surface area contributed by atoms with Gasteiger partial charge in [-0.2, -0.15) is 26.3 Å². The SMILES string of the molecule is COC(=O)[C@H](Cc1ccc(OS(=O)(=O)C(F)(F)F)cc1)NS(=O)(=O)c1nc2ccccc2s1. The predicted octanol–water partition coefficient (Wildman–Crippen LogP) is 2.59. The van der Waals surface area contributed by atoms with E-state index in [1.165, 1.54) is 12.1 Å². The highest BCUT2D eigenvalue weighted by Gasteiger charge is 2.48. The number of rotatable bonds is 8. The number of nitrogens with zero attached hydrogens (tertiary/aromatic N) is 1. The average molecular weight is 525 g/mol. The van der Waals surface area contributed by atoms with Gasteiger partial charge in [-0.3, -0.25) is 4.79 Å². The van der Waals surface area contributed by atoms with Crippen LogP contribution in [0.1, 0.15) is 5.56 Å². The Morgan fingerprint density at radius 3 is 2.30 bits per heavy atom. The van der Waals surface area contributed by atoms with Crippen molar-refractivity contribution in [3.8, 4) is 5.75 Å². The van der Waals surface area contributed by atoms with Gasteiger partial charge in [-0.25, -0.2) is 13.4 Å². The van der Waals surface area contributed by atoms with E-state index < -0.39 is 43.4 Å². The molecule has 0 spiro atoms. The van der Waals surface area contributed by atoms with Crippen molar-refractivity contribution in [2.75, 3.05) is 7.11 Å². The van der Waals surface area contributed by atoms with Gasteiger partial charge >= 0.3 is 21.6 Å². The first kappa shape index (κ1) is 24.9. The number of nitrogens with one attached hydrogen (secondary N) is 1. The van der Waals surface area contributed by atoms with Crippen LogP contribution in [0.2, 0.25) is 0 Å². The first-order chi connectivity index (χ1) is 15.3. The molecule has 0 aliphatic carbocycles. The van der Waals surface area contributed by atoms with E-state index >= 15 is 0 Å². The van der Waals surface area contributed by atoms with Crippen LogP contribution in [0.4, 0.5) is 13.2 Å². The Morgan fingerprint density at radius 1 is 1.09 bits per heavy atom. The van der Waals surface area contributed by atoms with Crippen molar-refractivity contribution in [1.29, 1.82) is 0 Å². The molecule has 0 aliphatic heterocycles. The number of carbonyl (C=O) groups excluding carboxylic acids is 1. The van der Waals surface area contributed by atoms with E-state index in [2.05, 4.69) is 18.6 Å². The average Bonchev–Trinajstić information content (AvgIpc) is 3.18. The maximum atomic E-state index is 12.8. The van der Waals surface area contributed by atoms with Crippen LogP contribution in [-0.2, 0) is 36.1 Å². The van der Waals surface area contributed by atoms with Crippen molar-refractivity contribution >= 4 is 47.7 Å². The molecule has 0 radical (unpaired) electrons. The number of esters is 1. The minimum absolute atomic E-state index is 0.247. The van der Waals surface area contributed by atoms with E-state index in [1.807, 2.05) is 0 Å². The molecule has 1 heterocycles. The largest absolute Gasteiger partial charge is 0.534 e. The maximum Gasteiger partial charge on any atom is 0.534 e. The lowest BCUT2D eigenvalue weighted by atomic mass is 10.1. The highest BCUT2D eigenvalue weighted by Crippen LogP contribution is 2.28. The fourth-order valence-corrected chi connectivity index (χ4v) is 5.49. The van der Waals surface area contributed by atoms with E-state index in [9.17, 15) is 34.8 Å². The summed E-state index contributed by atoms with van der Waals surface area (Å²) in [6, 6.07) is 9.58. The molecule has 0 aliphatic rings. The zero-order valence-corrected chi connectivity index (χ0v) is 19.0. The van der Waals surface area contributed by atoms with Gasteiger partial charge in [0.2, 0.25) is 4.34 Å². The summed E-state index contributed by atoms with van der Waals surface area (Å²) in [6.45, 7) is 0. The fraction of sp³-hybridized carbons (Fsp3) is 0.222. The number of methoxy groups -OCH3 is 1. The molecule has 0 amide bonds. The summed E-state index contributed by atoms with van der Waals surface area (Å²) in [6.07, 6.45) is -0.247. The molecule has 0 saturated heterocycles. The van der Waals surface area contributed by atoms with Crippen molar-refractivity contribution in [3.63, 3.8) is 0 Å². The van der Waals surface area contributed by atoms with Gasteiger partial charge in [0.25, 0.3) is 10.0 Å². The van der Waals surface area contributed by atoms with Crippen LogP contribution in [-0.4, -0.2) is 46.4 Å². The van der Waals surface area contributed by atoms with E-state index in [0.29, 0.717) is 10.2 Å². The minimum atomic E-state index is -5.84. The second kappa shape index (κ2) is 9.24. The minimum Gasteiger partial charge on any atom is -0.468 e. The first-order valence-electron chi connectivity index (χ1n) is 8.88. The van der Waals surface area contributed by atoms with Crippen molar-refractivity contribution in [2.24, 2.45) is 0 Å². The molecule has 15 heteroatoms. The van der Waals surface area contributed by atoms with Crippen LogP contribution < -0.4 is 8.91 Å². The van der Waals surface area contributed by atoms with Gasteiger partial charge < -0.3 is 8.92 Å². The third-order valence-electron chi connectivity index (χ3n) is 4.14. The summed E-state index contributed by atoms with van der Waals surface area (Å²) < 4.78 is 96.2. The number of hydrogen-bond acceptors (Lipinski definition) is 9. The molecule has 1 N–H and O–H groups in total. The number of hydrogen-bond donors (Lipinski definition) is 1. The number of sulfonamides is 1. The Balaban J connectivity index is 1.79. The van der Waals surface area contributed by atoms with Crippen LogP contribution in [0.3, 0.4) is 0 Å². The Hall–Kier alpha value is -2.75. The van der Waals surface area contributed by atoms with E-state index in [4.69, 9.17) is 0 Å². The van der Waals surface area contributed by atoms with E-state index in [-0.39, 0.29) is 16.3 Å². The molecule has 0 fully saturated rings. The molecule has 0 unspecified atom stereocenters. The zero-order chi connectivity index (χ0) is 24.4. The molecular weight excluding hydrogens is 509 g/mol. The standard InChI is InChI=1S/C18H15F3N2O7S3/c1-29-16(24)14(23-32(25,26)17-22-13-4-2-3-5-15(13)31-17)10-11-6-8-12(9-7-11)30-33(27,28)18(19,20)21/h2-9,14,23H,10H2,1H3/t14-/m0/s1. The molecule has 0 bridgehead atoms. The van der Waals surface area contributed by atoms with Gasteiger partial charge in [0.15, 0.2) is 0 Å². The summed E-state index contributed by atoms with van der Waals surface area (Å²) in [5, 5.41) is 0. The molecule has 9 nitrogen and oxygen atoms in total. The van der Waals surface area contributed by atoms with Gasteiger partial charge in [0.1, 0.15) is 11.8 Å². The lowest BCUT2D eigenvalue weighted by molar-refractivity contribution is -0.142. The summed E-state index contributed by atoms with van der Waals surface area (Å²) in [5.41, 5.74) is -4.85. The number of alkyl halides is 3. The second-order valence-corrected chi connectivity index (χ2v) is 10.9. The smallest absolute Gasteiger partial charge is 0.468 e. The Morgan fingerprint density at radius 2 is 1.73 bits per heavy atom. The molecule has 33 heavy (non-hydrogen) atoms. The molecule has 1 aromatic heterocycles. The lowest BCUT2D eigenvalue weighted by Crippen LogP contribution is -2.42. The van der Waals surface area contributed by atoms with Crippen LogP contribution in [0.15, 0.2) is 52.9 Å². The number of carbonyl (C=O) groups is 1. The van der Waals surface area contributed by atoms with Gasteiger partial charge in [0.05, 0.1) is 17.3 Å². The summed E-state index contributed by atoms with van der Waals surface area (Å²) >= 11 is 0.902. The van der Waals surface area contributed by atoms with E-state index in [1.54, 1.807) is 24.3 Å². The monoisotopic (exact) mass is 524 g/mol. The second-order valence-electron chi connectivity index (χ2n) is 6.48. The third-order valence-corrected chi connectivity index (χ3v) is 8.00. The lowest BCUT2D eigenvalue weighted by Gasteiger charge is -2.16. The maximum absolute atomic E-state index is 12.8. The summed E-state index contributed by atoms with van der Waals surface area (Å²) in [7, 11) is -9.00. The van der Waals surface area contributed by atoms with Crippen molar-refractivity contribution in [2.45, 2.75) is 22.3 Å². The van der Waals surface area contributed by atoms with Gasteiger partial charge in [-0.15, -0.1) is 11.3 Å². The Bertz CT molecular complexity index is 1340. The number of fused-ring (bicyclic) bond motifs is 1. The summed E-state index contributed by atoms with van der Waals surface area (Å²) in [4.78, 5) is 16.2. The van der Waals surface area contributed by atoms with Crippen LogP contribution in [0, 0.1) is 0 Å². The van der Waals surface area contributed by atoms with E-state index in [0.717, 1.165) is 30.6 Å².